The lowest BCUT2D eigenvalue weighted by atomic mass is 9.93. The van der Waals surface area contributed by atoms with Gasteiger partial charge < -0.3 is 20.5 Å². The molecule has 2 fully saturated rings. The van der Waals surface area contributed by atoms with Crippen molar-refractivity contribution in [1.82, 2.24) is 15.5 Å². The number of guanidine groups is 1. The van der Waals surface area contributed by atoms with Crippen molar-refractivity contribution in [2.75, 3.05) is 19.6 Å². The second-order valence-corrected chi connectivity index (χ2v) is 8.61. The maximum Gasteiger partial charge on any atom is 0.191 e. The fraction of sp³-hybridized carbons (Fsp3) is 0.696. The molecule has 0 radical (unpaired) electrons. The van der Waals surface area contributed by atoms with Gasteiger partial charge in [0, 0.05) is 32.2 Å². The van der Waals surface area contributed by atoms with Gasteiger partial charge in [0.2, 0.25) is 0 Å². The van der Waals surface area contributed by atoms with E-state index in [-0.39, 0.29) is 6.10 Å². The molecule has 1 saturated heterocycles. The van der Waals surface area contributed by atoms with E-state index in [1.54, 1.807) is 0 Å². The van der Waals surface area contributed by atoms with Crippen LogP contribution < -0.4 is 10.6 Å². The van der Waals surface area contributed by atoms with Gasteiger partial charge in [0.1, 0.15) is 0 Å². The Morgan fingerprint density at radius 1 is 1.07 bits per heavy atom. The summed E-state index contributed by atoms with van der Waals surface area (Å²) in [4.78, 5) is 7.24. The van der Waals surface area contributed by atoms with Gasteiger partial charge in [-0.25, -0.2) is 4.99 Å². The lowest BCUT2D eigenvalue weighted by Gasteiger charge is -2.35. The van der Waals surface area contributed by atoms with Gasteiger partial charge in [-0.1, -0.05) is 24.3 Å². The van der Waals surface area contributed by atoms with Crippen LogP contribution in [0.25, 0.3) is 0 Å². The number of nitrogens with one attached hydrogen (secondary N) is 2. The van der Waals surface area contributed by atoms with Crippen molar-refractivity contribution in [1.29, 1.82) is 0 Å². The first-order valence-electron chi connectivity index (χ1n) is 11.2. The molecule has 2 aliphatic rings. The number of aliphatic imine (C=N–C) groups is 1. The molecule has 1 aliphatic carbocycles. The molecule has 1 saturated carbocycles. The Hall–Kier alpha value is -1.63. The van der Waals surface area contributed by atoms with Crippen LogP contribution in [0, 0.1) is 0 Å². The molecule has 6 heteroatoms. The van der Waals surface area contributed by atoms with Crippen molar-refractivity contribution in [2.24, 2.45) is 4.99 Å². The molecule has 0 bridgehead atoms. The second kappa shape index (κ2) is 11.0. The van der Waals surface area contributed by atoms with Crippen molar-refractivity contribution < 1.29 is 9.84 Å². The Balaban J connectivity index is 1.51. The van der Waals surface area contributed by atoms with Crippen LogP contribution in [0.5, 0.6) is 0 Å². The smallest absolute Gasteiger partial charge is 0.191 e. The molecular weight excluding hydrogens is 364 g/mol. The molecule has 1 aromatic carbocycles. The summed E-state index contributed by atoms with van der Waals surface area (Å²) in [7, 11) is 0. The van der Waals surface area contributed by atoms with E-state index in [4.69, 9.17) is 9.73 Å². The average molecular weight is 403 g/mol. The topological polar surface area (TPSA) is 69.1 Å². The summed E-state index contributed by atoms with van der Waals surface area (Å²) >= 11 is 0. The number of aliphatic hydroxyl groups excluding tert-OH is 1. The number of aliphatic hydroxyl groups is 1. The van der Waals surface area contributed by atoms with Gasteiger partial charge in [-0.05, 0) is 57.6 Å². The molecule has 3 N–H and O–H groups in total. The average Bonchev–Trinajstić information content (AvgIpc) is 2.68. The third-order valence-corrected chi connectivity index (χ3v) is 5.73. The predicted molar refractivity (Wildman–Crippen MR) is 118 cm³/mol. The summed E-state index contributed by atoms with van der Waals surface area (Å²) in [5, 5.41) is 16.6. The van der Waals surface area contributed by atoms with E-state index in [2.05, 4.69) is 60.6 Å². The van der Waals surface area contributed by atoms with Crippen molar-refractivity contribution >= 4 is 5.96 Å². The highest BCUT2D eigenvalue weighted by molar-refractivity contribution is 5.80. The Morgan fingerprint density at radius 3 is 2.31 bits per heavy atom. The predicted octanol–water partition coefficient (Wildman–Crippen LogP) is 2.65. The molecule has 162 valence electrons. The largest absolute Gasteiger partial charge is 0.393 e. The van der Waals surface area contributed by atoms with Gasteiger partial charge in [-0.15, -0.1) is 0 Å². The van der Waals surface area contributed by atoms with Gasteiger partial charge in [-0.3, -0.25) is 4.90 Å². The molecule has 1 heterocycles. The van der Waals surface area contributed by atoms with Gasteiger partial charge in [0.25, 0.3) is 0 Å². The van der Waals surface area contributed by atoms with Gasteiger partial charge in [0.15, 0.2) is 5.96 Å². The van der Waals surface area contributed by atoms with Crippen LogP contribution >= 0.6 is 0 Å². The summed E-state index contributed by atoms with van der Waals surface area (Å²) in [6, 6.07) is 9.22. The number of hydrogen-bond acceptors (Lipinski definition) is 4. The van der Waals surface area contributed by atoms with E-state index in [1.807, 2.05) is 0 Å². The molecule has 0 spiro atoms. The van der Waals surface area contributed by atoms with E-state index in [0.29, 0.717) is 24.8 Å². The molecule has 29 heavy (non-hydrogen) atoms. The number of hydrogen-bond donors (Lipinski definition) is 3. The standard InChI is InChI=1S/C23H38N4O2/c1-4-24-23(26-21-9-11-22(28)12-10-21)25-13-19-5-7-20(8-6-19)16-27-14-17(2)29-18(3)15-27/h5-8,17-18,21-22,28H,4,9-16H2,1-3H3,(H2,24,25,26). The van der Waals surface area contributed by atoms with E-state index >= 15 is 0 Å². The van der Waals surface area contributed by atoms with E-state index in [9.17, 15) is 5.11 Å². The van der Waals surface area contributed by atoms with Gasteiger partial charge >= 0.3 is 0 Å². The lowest BCUT2D eigenvalue weighted by molar-refractivity contribution is -0.0704. The summed E-state index contributed by atoms with van der Waals surface area (Å²) in [5.74, 6) is 0.870. The van der Waals surface area contributed by atoms with Crippen LogP contribution in [0.2, 0.25) is 0 Å². The van der Waals surface area contributed by atoms with Gasteiger partial charge in [-0.2, -0.15) is 0 Å². The SMILES string of the molecule is CCNC(=NCc1ccc(CN2CC(C)OC(C)C2)cc1)NC1CCC(O)CC1. The monoisotopic (exact) mass is 402 g/mol. The number of rotatable bonds is 6. The number of nitrogens with zero attached hydrogens (tertiary/aromatic N) is 2. The Morgan fingerprint density at radius 2 is 1.69 bits per heavy atom. The van der Waals surface area contributed by atoms with Crippen LogP contribution in [-0.4, -0.2) is 60.0 Å². The molecule has 6 nitrogen and oxygen atoms in total. The van der Waals surface area contributed by atoms with Crippen LogP contribution in [-0.2, 0) is 17.8 Å². The maximum absolute atomic E-state index is 9.69. The zero-order valence-electron chi connectivity index (χ0n) is 18.2. The minimum atomic E-state index is -0.130. The van der Waals surface area contributed by atoms with E-state index < -0.39 is 0 Å². The van der Waals surface area contributed by atoms with E-state index in [0.717, 1.165) is 57.8 Å². The van der Waals surface area contributed by atoms with Crippen LogP contribution in [0.4, 0.5) is 0 Å². The molecule has 3 rings (SSSR count). The fourth-order valence-corrected chi connectivity index (χ4v) is 4.33. The van der Waals surface area contributed by atoms with Crippen LogP contribution in [0.3, 0.4) is 0 Å². The van der Waals surface area contributed by atoms with Crippen LogP contribution in [0.15, 0.2) is 29.3 Å². The maximum atomic E-state index is 9.69. The molecule has 2 atom stereocenters. The zero-order valence-corrected chi connectivity index (χ0v) is 18.2. The van der Waals surface area contributed by atoms with Crippen LogP contribution in [0.1, 0.15) is 57.6 Å². The summed E-state index contributed by atoms with van der Waals surface area (Å²) in [6.45, 7) is 10.8. The first kappa shape index (κ1) is 22.1. The minimum Gasteiger partial charge on any atom is -0.393 e. The van der Waals surface area contributed by atoms with Crippen molar-refractivity contribution in [3.05, 3.63) is 35.4 Å². The van der Waals surface area contributed by atoms with Crippen molar-refractivity contribution in [2.45, 2.75) is 83.9 Å². The lowest BCUT2D eigenvalue weighted by Crippen LogP contribution is -2.45. The molecule has 2 unspecified atom stereocenters. The third-order valence-electron chi connectivity index (χ3n) is 5.73. The molecule has 1 aliphatic heterocycles. The fourth-order valence-electron chi connectivity index (χ4n) is 4.33. The Bertz CT molecular complexity index is 631. The second-order valence-electron chi connectivity index (χ2n) is 8.61. The summed E-state index contributed by atoms with van der Waals surface area (Å²) in [5.41, 5.74) is 2.55. The summed E-state index contributed by atoms with van der Waals surface area (Å²) < 4.78 is 5.83. The quantitative estimate of drug-likeness (QED) is 0.504. The Kier molecular flexibility index (Phi) is 8.33. The minimum absolute atomic E-state index is 0.130. The molecule has 1 aromatic rings. The first-order valence-corrected chi connectivity index (χ1v) is 11.2. The molecule has 0 amide bonds. The summed E-state index contributed by atoms with van der Waals surface area (Å²) in [6.07, 6.45) is 4.22. The highest BCUT2D eigenvalue weighted by Crippen LogP contribution is 2.18. The number of ether oxygens (including phenoxy) is 1. The third kappa shape index (κ3) is 7.28. The first-order chi connectivity index (χ1) is 14.0. The molecular formula is C23H38N4O2. The highest BCUT2D eigenvalue weighted by atomic mass is 16.5. The van der Waals surface area contributed by atoms with Crippen molar-refractivity contribution in [3.63, 3.8) is 0 Å². The number of benzene rings is 1. The highest BCUT2D eigenvalue weighted by Gasteiger charge is 2.22. The molecule has 0 aromatic heterocycles. The normalized spacial score (nSPS) is 28.9. The van der Waals surface area contributed by atoms with E-state index in [1.165, 1.54) is 11.1 Å². The van der Waals surface area contributed by atoms with Crippen molar-refractivity contribution in [3.8, 4) is 0 Å². The number of morpholine rings is 1. The van der Waals surface area contributed by atoms with Gasteiger partial charge in [0.05, 0.1) is 24.9 Å². The Labute approximate surface area is 175 Å². The zero-order chi connectivity index (χ0) is 20.6.